The number of carbonyl (C=O) groups excluding carboxylic acids is 1. The van der Waals surface area contributed by atoms with E-state index >= 15 is 0 Å². The van der Waals surface area contributed by atoms with Crippen LogP contribution < -0.4 is 31.1 Å². The molecule has 2 heterocycles. The van der Waals surface area contributed by atoms with E-state index in [4.69, 9.17) is 14.6 Å². The number of carboxylic acid groups (broad SMARTS) is 1. The summed E-state index contributed by atoms with van der Waals surface area (Å²) in [5.41, 5.74) is 4.05. The standard InChI is InChI=1S/C30H32N6O3.C2HF3O2/c1-39-27-13-12-26(34-30(38)33-25-10-8-23(9-11-25)22-6-3-2-4-7-22)18-24(27)20-36-21-32-28(19-29(36)37)35-16-5-14-31-15-17-35;3-2(4,5)1(6)7/h2-4,6-13,18-19,21,31H,5,14-17,20H2,1H3,(H2,33,34,38);(H,6,7). The molecule has 3 aromatic carbocycles. The number of ether oxygens (including phenoxy) is 1. The van der Waals surface area contributed by atoms with Gasteiger partial charge >= 0.3 is 18.2 Å². The highest BCUT2D eigenvalue weighted by atomic mass is 19.4. The number of aromatic nitrogens is 2. The molecule has 1 aromatic heterocycles. The molecule has 5 rings (SSSR count). The van der Waals surface area contributed by atoms with E-state index in [2.05, 4.69) is 25.8 Å². The van der Waals surface area contributed by atoms with Crippen LogP contribution in [0.3, 0.4) is 0 Å². The second-order valence-corrected chi connectivity index (χ2v) is 10.2. The number of carbonyl (C=O) groups is 2. The maximum atomic E-state index is 12.9. The summed E-state index contributed by atoms with van der Waals surface area (Å²) in [6.07, 6.45) is -2.50. The van der Waals surface area contributed by atoms with Crippen molar-refractivity contribution in [2.75, 3.05) is 48.8 Å². The van der Waals surface area contributed by atoms with Gasteiger partial charge in [-0.1, -0.05) is 42.5 Å². The molecule has 14 heteroatoms. The zero-order valence-corrected chi connectivity index (χ0v) is 24.9. The van der Waals surface area contributed by atoms with Crippen molar-refractivity contribution in [3.05, 3.63) is 101 Å². The summed E-state index contributed by atoms with van der Waals surface area (Å²) in [6, 6.07) is 24.3. The fraction of sp³-hybridized carbons (Fsp3) is 0.250. The number of carboxylic acids is 1. The second kappa shape index (κ2) is 15.6. The first-order chi connectivity index (χ1) is 22.0. The Kier molecular flexibility index (Phi) is 11.3. The van der Waals surface area contributed by atoms with Crippen LogP contribution in [0.2, 0.25) is 0 Å². The minimum Gasteiger partial charge on any atom is -0.496 e. The molecule has 0 spiro atoms. The smallest absolute Gasteiger partial charge is 0.490 e. The van der Waals surface area contributed by atoms with Crippen molar-refractivity contribution in [2.24, 2.45) is 0 Å². The number of methoxy groups -OCH3 is 1. The van der Waals surface area contributed by atoms with Crippen molar-refractivity contribution in [1.82, 2.24) is 14.9 Å². The highest BCUT2D eigenvalue weighted by Crippen LogP contribution is 2.25. The van der Waals surface area contributed by atoms with Gasteiger partial charge in [-0.3, -0.25) is 9.36 Å². The minimum absolute atomic E-state index is 0.144. The summed E-state index contributed by atoms with van der Waals surface area (Å²) in [4.78, 5) is 41.2. The number of urea groups is 1. The van der Waals surface area contributed by atoms with Gasteiger partial charge in [0.2, 0.25) is 0 Å². The van der Waals surface area contributed by atoms with Crippen LogP contribution in [0.4, 0.5) is 35.2 Å². The lowest BCUT2D eigenvalue weighted by Crippen LogP contribution is -2.31. The SMILES string of the molecule is COc1ccc(NC(=O)Nc2ccc(-c3ccccc3)cc2)cc1Cn1cnc(N2CCCNCC2)cc1=O.O=C(O)C(F)(F)F. The Bertz CT molecular complexity index is 1670. The lowest BCUT2D eigenvalue weighted by molar-refractivity contribution is -0.192. The molecule has 2 amide bonds. The molecular weight excluding hydrogens is 605 g/mol. The second-order valence-electron chi connectivity index (χ2n) is 10.2. The average Bonchev–Trinajstić information content (AvgIpc) is 3.33. The number of benzene rings is 3. The highest BCUT2D eigenvalue weighted by Gasteiger charge is 2.38. The maximum Gasteiger partial charge on any atom is 0.490 e. The Morgan fingerprint density at radius 1 is 0.935 bits per heavy atom. The van der Waals surface area contributed by atoms with Gasteiger partial charge in [0.15, 0.2) is 0 Å². The van der Waals surface area contributed by atoms with Crippen molar-refractivity contribution in [1.29, 1.82) is 0 Å². The predicted octanol–water partition coefficient (Wildman–Crippen LogP) is 5.04. The normalized spacial score (nSPS) is 13.1. The molecule has 11 nitrogen and oxygen atoms in total. The molecule has 0 saturated carbocycles. The number of nitrogens with one attached hydrogen (secondary N) is 3. The van der Waals surface area contributed by atoms with Crippen LogP contribution in [0.5, 0.6) is 5.75 Å². The molecule has 242 valence electrons. The topological polar surface area (TPSA) is 138 Å². The van der Waals surface area contributed by atoms with Gasteiger partial charge in [-0.25, -0.2) is 14.6 Å². The Morgan fingerprint density at radius 3 is 2.24 bits per heavy atom. The molecule has 0 unspecified atom stereocenters. The van der Waals surface area contributed by atoms with Crippen LogP contribution in [-0.2, 0) is 11.3 Å². The number of nitrogens with zero attached hydrogens (tertiary/aromatic N) is 3. The van der Waals surface area contributed by atoms with Crippen LogP contribution >= 0.6 is 0 Å². The van der Waals surface area contributed by atoms with Crippen molar-refractivity contribution in [3.63, 3.8) is 0 Å². The summed E-state index contributed by atoms with van der Waals surface area (Å²) >= 11 is 0. The minimum atomic E-state index is -5.08. The molecule has 1 aliphatic rings. The predicted molar refractivity (Wildman–Crippen MR) is 169 cm³/mol. The van der Waals surface area contributed by atoms with Crippen LogP contribution in [0.1, 0.15) is 12.0 Å². The van der Waals surface area contributed by atoms with E-state index in [0.29, 0.717) is 22.9 Å². The number of anilines is 3. The summed E-state index contributed by atoms with van der Waals surface area (Å²) in [5, 5.41) is 16.2. The fourth-order valence-electron chi connectivity index (χ4n) is 4.62. The summed E-state index contributed by atoms with van der Waals surface area (Å²) in [5.74, 6) is -1.45. The van der Waals surface area contributed by atoms with Gasteiger partial charge in [0.05, 0.1) is 13.7 Å². The molecule has 1 saturated heterocycles. The van der Waals surface area contributed by atoms with Gasteiger partial charge in [-0.2, -0.15) is 13.2 Å². The van der Waals surface area contributed by atoms with Crippen LogP contribution in [-0.4, -0.2) is 66.1 Å². The fourth-order valence-corrected chi connectivity index (χ4v) is 4.62. The molecule has 0 radical (unpaired) electrons. The van der Waals surface area contributed by atoms with Gasteiger partial charge in [-0.15, -0.1) is 0 Å². The molecule has 4 aromatic rings. The molecule has 0 bridgehead atoms. The summed E-state index contributed by atoms with van der Waals surface area (Å²) in [7, 11) is 1.58. The first kappa shape index (κ1) is 33.5. The zero-order valence-electron chi connectivity index (χ0n) is 24.9. The third-order valence-electron chi connectivity index (χ3n) is 6.90. The van der Waals surface area contributed by atoms with Crippen molar-refractivity contribution in [3.8, 4) is 16.9 Å². The van der Waals surface area contributed by atoms with E-state index in [9.17, 15) is 22.8 Å². The molecule has 0 aliphatic carbocycles. The average molecular weight is 639 g/mol. The maximum absolute atomic E-state index is 12.9. The monoisotopic (exact) mass is 638 g/mol. The van der Waals surface area contributed by atoms with Gasteiger partial charge in [0.1, 0.15) is 17.9 Å². The molecule has 1 fully saturated rings. The summed E-state index contributed by atoms with van der Waals surface area (Å²) < 4.78 is 38.8. The van der Waals surface area contributed by atoms with Crippen molar-refractivity contribution < 1.29 is 32.6 Å². The van der Waals surface area contributed by atoms with Gasteiger partial charge < -0.3 is 30.7 Å². The third kappa shape index (κ3) is 9.56. The van der Waals surface area contributed by atoms with Crippen molar-refractivity contribution >= 4 is 29.2 Å². The van der Waals surface area contributed by atoms with Crippen LogP contribution in [0.25, 0.3) is 11.1 Å². The van der Waals surface area contributed by atoms with E-state index in [0.717, 1.165) is 49.3 Å². The van der Waals surface area contributed by atoms with Crippen molar-refractivity contribution in [2.45, 2.75) is 19.1 Å². The first-order valence-corrected chi connectivity index (χ1v) is 14.3. The quantitative estimate of drug-likeness (QED) is 0.221. The van der Waals surface area contributed by atoms with Gasteiger partial charge in [0.25, 0.3) is 5.56 Å². The number of rotatable bonds is 7. The van der Waals surface area contributed by atoms with E-state index in [-0.39, 0.29) is 18.1 Å². The molecule has 4 N–H and O–H groups in total. The van der Waals surface area contributed by atoms with E-state index in [1.165, 1.54) is 4.57 Å². The number of amides is 2. The molecule has 46 heavy (non-hydrogen) atoms. The summed E-state index contributed by atoms with van der Waals surface area (Å²) in [6.45, 7) is 3.78. The van der Waals surface area contributed by atoms with E-state index in [1.807, 2.05) is 54.6 Å². The van der Waals surface area contributed by atoms with Gasteiger partial charge in [0, 0.05) is 42.6 Å². The number of hydrogen-bond donors (Lipinski definition) is 4. The van der Waals surface area contributed by atoms with Crippen LogP contribution in [0.15, 0.2) is 90.0 Å². The number of halogens is 3. The molecule has 0 atom stereocenters. The largest absolute Gasteiger partial charge is 0.496 e. The third-order valence-corrected chi connectivity index (χ3v) is 6.90. The van der Waals surface area contributed by atoms with Gasteiger partial charge in [-0.05, 0) is 54.4 Å². The van der Waals surface area contributed by atoms with E-state index < -0.39 is 12.1 Å². The Hall–Kier alpha value is -5.37. The molecular formula is C32H33F3N6O5. The van der Waals surface area contributed by atoms with E-state index in [1.54, 1.807) is 37.7 Å². The Balaban J connectivity index is 0.000000617. The number of hydrogen-bond acceptors (Lipinski definition) is 7. The van der Waals surface area contributed by atoms with Crippen LogP contribution in [0, 0.1) is 0 Å². The number of aliphatic carboxylic acids is 1. The Labute approximate surface area is 262 Å². The number of alkyl halides is 3. The highest BCUT2D eigenvalue weighted by molar-refractivity contribution is 6.00. The zero-order chi connectivity index (χ0) is 33.1. The molecule has 1 aliphatic heterocycles. The Morgan fingerprint density at radius 2 is 1.59 bits per heavy atom. The lowest BCUT2D eigenvalue weighted by atomic mass is 10.1. The first-order valence-electron chi connectivity index (χ1n) is 14.3. The lowest BCUT2D eigenvalue weighted by Gasteiger charge is -2.21.